The number of hydrogen-bond acceptors (Lipinski definition) is 3. The predicted octanol–water partition coefficient (Wildman–Crippen LogP) is 6.63. The van der Waals surface area contributed by atoms with Crippen molar-refractivity contribution in [2.75, 3.05) is 23.9 Å². The minimum atomic E-state index is -1.15. The Morgan fingerprint density at radius 1 is 0.974 bits per heavy atom. The zero-order valence-electron chi connectivity index (χ0n) is 22.7. The summed E-state index contributed by atoms with van der Waals surface area (Å²) in [5.41, 5.74) is 4.34. The van der Waals surface area contributed by atoms with Crippen molar-refractivity contribution in [3.8, 4) is 11.1 Å². The SMILES string of the molecule is [2H][C@@H](c1ccc(-c2ccc(N(C)C)cc2)cc1)N(C(=O)[C@@H]1C[C@@H]2CC[C@H]1C2)c1cc(F)cc(/C=C/C(=O)O)c1. The van der Waals surface area contributed by atoms with Crippen molar-refractivity contribution >= 4 is 29.3 Å². The van der Waals surface area contributed by atoms with Gasteiger partial charge >= 0.3 is 5.97 Å². The van der Waals surface area contributed by atoms with Gasteiger partial charge in [-0.1, -0.05) is 42.8 Å². The van der Waals surface area contributed by atoms with Gasteiger partial charge in [-0.3, -0.25) is 4.79 Å². The van der Waals surface area contributed by atoms with E-state index in [2.05, 4.69) is 0 Å². The number of benzene rings is 3. The number of halogens is 1. The van der Waals surface area contributed by atoms with Gasteiger partial charge in [-0.05, 0) is 89.8 Å². The number of carboxylic acids is 1. The molecule has 1 N–H and O–H groups in total. The molecule has 0 radical (unpaired) electrons. The second kappa shape index (κ2) is 10.8. The van der Waals surface area contributed by atoms with E-state index in [-0.39, 0.29) is 17.5 Å². The largest absolute Gasteiger partial charge is 0.478 e. The smallest absolute Gasteiger partial charge is 0.328 e. The van der Waals surface area contributed by atoms with Gasteiger partial charge in [0.05, 0.1) is 7.89 Å². The van der Waals surface area contributed by atoms with Crippen LogP contribution in [-0.2, 0) is 16.1 Å². The minimum absolute atomic E-state index is 0.163. The van der Waals surface area contributed by atoms with E-state index in [1.807, 2.05) is 67.5 Å². The summed E-state index contributed by atoms with van der Waals surface area (Å²) < 4.78 is 23.9. The summed E-state index contributed by atoms with van der Waals surface area (Å²) >= 11 is 0. The van der Waals surface area contributed by atoms with Crippen LogP contribution in [0, 0.1) is 23.6 Å². The number of aliphatic carboxylic acids is 1. The number of carbonyl (C=O) groups is 2. The summed E-state index contributed by atoms with van der Waals surface area (Å²) in [5.74, 6) is -1.26. The Kier molecular flexibility index (Phi) is 6.95. The summed E-state index contributed by atoms with van der Waals surface area (Å²) in [4.78, 5) is 28.4. The first-order valence-electron chi connectivity index (χ1n) is 13.6. The van der Waals surface area contributed by atoms with E-state index in [0.717, 1.165) is 48.6 Å². The highest BCUT2D eigenvalue weighted by atomic mass is 19.1. The predicted molar refractivity (Wildman–Crippen MR) is 149 cm³/mol. The van der Waals surface area contributed by atoms with Gasteiger partial charge in [0.2, 0.25) is 5.91 Å². The molecule has 2 aliphatic carbocycles. The third-order valence-electron chi connectivity index (χ3n) is 7.80. The Hall–Kier alpha value is -3.93. The average Bonchev–Trinajstić information content (AvgIpc) is 3.56. The molecule has 196 valence electrons. The van der Waals surface area contributed by atoms with Crippen molar-refractivity contribution in [2.45, 2.75) is 32.2 Å². The lowest BCUT2D eigenvalue weighted by Gasteiger charge is -2.30. The topological polar surface area (TPSA) is 60.9 Å². The van der Waals surface area contributed by atoms with Gasteiger partial charge in [0, 0.05) is 37.5 Å². The third-order valence-corrected chi connectivity index (χ3v) is 7.80. The average molecular weight is 514 g/mol. The molecule has 2 bridgehead atoms. The van der Waals surface area contributed by atoms with Crippen molar-refractivity contribution in [1.82, 2.24) is 0 Å². The number of hydrogen-bond donors (Lipinski definition) is 1. The van der Waals surface area contributed by atoms with Crippen molar-refractivity contribution < 1.29 is 20.5 Å². The fraction of sp³-hybridized carbons (Fsp3) is 0.312. The second-order valence-corrected chi connectivity index (χ2v) is 10.6. The first-order chi connectivity index (χ1) is 18.7. The van der Waals surface area contributed by atoms with Crippen molar-refractivity contribution in [2.24, 2.45) is 17.8 Å². The highest BCUT2D eigenvalue weighted by Gasteiger charge is 2.44. The summed E-state index contributed by atoms with van der Waals surface area (Å²) in [6, 6.07) is 19.8. The maximum Gasteiger partial charge on any atom is 0.328 e. The molecule has 5 rings (SSSR count). The van der Waals surface area contributed by atoms with Gasteiger partial charge in [0.25, 0.3) is 0 Å². The van der Waals surface area contributed by atoms with Gasteiger partial charge in [-0.2, -0.15) is 0 Å². The lowest BCUT2D eigenvalue weighted by atomic mass is 9.87. The highest BCUT2D eigenvalue weighted by molar-refractivity contribution is 5.96. The lowest BCUT2D eigenvalue weighted by Crippen LogP contribution is -2.38. The molecule has 3 aromatic rings. The standard InChI is InChI=1S/C32H33FN2O3/c1-34(2)28-12-10-25(11-13-28)24-7-3-21(4-8-24)20-35(32(38)30-18-22-5-9-26(30)15-22)29-17-23(6-14-31(36)37)16-27(33)19-29/h3-4,6-8,10-14,16-17,19,22,26,30H,5,9,15,18,20H2,1-2H3,(H,36,37)/b14-6+/t22-,26+,30-/m1/s1/i20D/t20-,22+,26-,30+/m0. The fourth-order valence-corrected chi connectivity index (χ4v) is 5.85. The van der Waals surface area contributed by atoms with E-state index in [4.69, 9.17) is 6.48 Å². The summed E-state index contributed by atoms with van der Waals surface area (Å²) in [7, 11) is 3.98. The van der Waals surface area contributed by atoms with Crippen LogP contribution in [-0.4, -0.2) is 31.1 Å². The summed E-state index contributed by atoms with van der Waals surface area (Å²) in [5, 5.41) is 9.02. The highest BCUT2D eigenvalue weighted by Crippen LogP contribution is 2.49. The Labute approximate surface area is 224 Å². The lowest BCUT2D eigenvalue weighted by molar-refractivity contribution is -0.131. The monoisotopic (exact) mass is 513 g/mol. The number of carbonyl (C=O) groups excluding carboxylic acids is 1. The Bertz CT molecular complexity index is 1390. The molecule has 0 aliphatic heterocycles. The quantitative estimate of drug-likeness (QED) is 0.344. The Morgan fingerprint density at radius 2 is 1.66 bits per heavy atom. The molecule has 38 heavy (non-hydrogen) atoms. The zero-order valence-corrected chi connectivity index (χ0v) is 21.7. The molecule has 6 heteroatoms. The molecule has 0 unspecified atom stereocenters. The molecule has 0 heterocycles. The van der Waals surface area contributed by atoms with Crippen molar-refractivity contribution in [1.29, 1.82) is 0 Å². The summed E-state index contributed by atoms with van der Waals surface area (Å²) in [6.45, 7) is -1.08. The number of rotatable bonds is 8. The molecular weight excluding hydrogens is 479 g/mol. The van der Waals surface area contributed by atoms with Crippen LogP contribution >= 0.6 is 0 Å². The molecule has 0 spiro atoms. The van der Waals surface area contributed by atoms with Gasteiger partial charge in [-0.25, -0.2) is 9.18 Å². The van der Waals surface area contributed by atoms with Gasteiger partial charge in [0.15, 0.2) is 0 Å². The van der Waals surface area contributed by atoms with E-state index >= 15 is 0 Å². The van der Waals surface area contributed by atoms with E-state index in [1.54, 1.807) is 6.07 Å². The molecule has 1 amide bonds. The number of fused-ring (bicyclic) bond motifs is 2. The van der Waals surface area contributed by atoms with Crippen LogP contribution in [0.1, 0.15) is 38.2 Å². The molecule has 4 atom stereocenters. The second-order valence-electron chi connectivity index (χ2n) is 10.6. The maximum atomic E-state index is 14.7. The number of carboxylic acid groups (broad SMARTS) is 1. The fourth-order valence-electron chi connectivity index (χ4n) is 5.85. The molecular formula is C32H33FN2O3. The van der Waals surface area contributed by atoms with Crippen LogP contribution < -0.4 is 9.80 Å². The van der Waals surface area contributed by atoms with Crippen LogP contribution in [0.5, 0.6) is 0 Å². The molecule has 3 aromatic carbocycles. The normalized spacial score (nSPS) is 21.3. The van der Waals surface area contributed by atoms with Crippen LogP contribution in [0.3, 0.4) is 0 Å². The third kappa shape index (κ3) is 5.64. The molecule has 2 fully saturated rings. The zero-order chi connectivity index (χ0) is 27.7. The van der Waals surface area contributed by atoms with Gasteiger partial charge < -0.3 is 14.9 Å². The number of nitrogens with zero attached hydrogens (tertiary/aromatic N) is 2. The van der Waals surface area contributed by atoms with Crippen molar-refractivity contribution in [3.63, 3.8) is 0 Å². The first kappa shape index (κ1) is 24.4. The van der Waals surface area contributed by atoms with Gasteiger partial charge in [0.1, 0.15) is 5.82 Å². The van der Waals surface area contributed by atoms with Crippen LogP contribution in [0.2, 0.25) is 0 Å². The van der Waals surface area contributed by atoms with E-state index in [9.17, 15) is 14.0 Å². The Balaban J connectivity index is 1.48. The molecule has 5 nitrogen and oxygen atoms in total. The van der Waals surface area contributed by atoms with Crippen molar-refractivity contribution in [3.05, 3.63) is 89.8 Å². The van der Waals surface area contributed by atoms with Crippen LogP contribution in [0.15, 0.2) is 72.8 Å². The Morgan fingerprint density at radius 3 is 2.24 bits per heavy atom. The molecule has 2 aliphatic rings. The first-order valence-corrected chi connectivity index (χ1v) is 13.0. The molecule has 2 saturated carbocycles. The minimum Gasteiger partial charge on any atom is -0.478 e. The van der Waals surface area contributed by atoms with Gasteiger partial charge in [-0.15, -0.1) is 0 Å². The van der Waals surface area contributed by atoms with E-state index in [0.29, 0.717) is 23.0 Å². The number of amides is 1. The maximum absolute atomic E-state index is 14.7. The van der Waals surface area contributed by atoms with E-state index < -0.39 is 18.3 Å². The summed E-state index contributed by atoms with van der Waals surface area (Å²) in [6.07, 6.45) is 6.21. The van der Waals surface area contributed by atoms with Crippen LogP contribution in [0.25, 0.3) is 17.2 Å². The molecule has 0 aromatic heterocycles. The van der Waals surface area contributed by atoms with E-state index in [1.165, 1.54) is 23.1 Å². The number of anilines is 2. The molecule has 0 saturated heterocycles. The van der Waals surface area contributed by atoms with Crippen LogP contribution in [0.4, 0.5) is 15.8 Å².